The van der Waals surface area contributed by atoms with Gasteiger partial charge in [0.15, 0.2) is 0 Å². The molecule has 0 amide bonds. The first-order valence-corrected chi connectivity index (χ1v) is 4.81. The van der Waals surface area contributed by atoms with E-state index in [2.05, 4.69) is 17.3 Å². The van der Waals surface area contributed by atoms with Crippen LogP contribution in [0.4, 0.5) is 0 Å². The molecule has 0 spiro atoms. The summed E-state index contributed by atoms with van der Waals surface area (Å²) in [7, 11) is 0. The average molecular weight is 219 g/mol. The van der Waals surface area contributed by atoms with Crippen molar-refractivity contribution in [2.45, 2.75) is 19.4 Å². The lowest BCUT2D eigenvalue weighted by molar-refractivity contribution is -0.139. The van der Waals surface area contributed by atoms with Crippen LogP contribution < -0.4 is 5.32 Å². The Bertz CT molecular complexity index is 414. The summed E-state index contributed by atoms with van der Waals surface area (Å²) in [6.45, 7) is 1.63. The molecule has 84 valence electrons. The van der Waals surface area contributed by atoms with Crippen LogP contribution in [0.1, 0.15) is 12.5 Å². The maximum atomic E-state index is 10.9. The molecule has 0 aromatic heterocycles. The van der Waals surface area contributed by atoms with Crippen LogP contribution in [-0.2, 0) is 11.2 Å². The van der Waals surface area contributed by atoms with E-state index < -0.39 is 12.0 Å². The number of nitrogens with one attached hydrogen (secondary N) is 1. The normalized spacial score (nSPS) is 11.1. The van der Waals surface area contributed by atoms with Gasteiger partial charge in [0, 0.05) is 12.5 Å². The second kappa shape index (κ2) is 5.66. The quantitative estimate of drug-likeness (QED) is 0.521. The lowest BCUT2D eigenvalue weighted by atomic mass is 10.1. The second-order valence-corrected chi connectivity index (χ2v) is 3.28. The lowest BCUT2D eigenvalue weighted by Crippen LogP contribution is -2.35. The van der Waals surface area contributed by atoms with Crippen molar-refractivity contribution in [2.24, 2.45) is 0 Å². The van der Waals surface area contributed by atoms with Crippen molar-refractivity contribution in [1.29, 1.82) is 0 Å². The van der Waals surface area contributed by atoms with Crippen LogP contribution in [0.5, 0.6) is 5.75 Å². The van der Waals surface area contributed by atoms with Crippen LogP contribution in [0.15, 0.2) is 24.3 Å². The van der Waals surface area contributed by atoms with Crippen molar-refractivity contribution in [3.63, 3.8) is 0 Å². The van der Waals surface area contributed by atoms with Gasteiger partial charge in [-0.3, -0.25) is 0 Å². The van der Waals surface area contributed by atoms with Crippen molar-refractivity contribution in [3.8, 4) is 17.7 Å². The van der Waals surface area contributed by atoms with Gasteiger partial charge in [-0.05, 0) is 24.6 Å². The van der Waals surface area contributed by atoms with Crippen LogP contribution in [0, 0.1) is 12.0 Å². The van der Waals surface area contributed by atoms with Gasteiger partial charge in [-0.25, -0.2) is 4.79 Å². The van der Waals surface area contributed by atoms with E-state index in [1.54, 1.807) is 19.1 Å². The summed E-state index contributed by atoms with van der Waals surface area (Å²) in [6.07, 6.45) is 0.324. The zero-order chi connectivity index (χ0) is 12.0. The van der Waals surface area contributed by atoms with Crippen molar-refractivity contribution < 1.29 is 15.0 Å². The number of hydrogen-bond donors (Lipinski definition) is 3. The Kier molecular flexibility index (Phi) is 4.22. The average Bonchev–Trinajstić information content (AvgIpc) is 2.26. The van der Waals surface area contributed by atoms with E-state index in [-0.39, 0.29) is 5.75 Å². The molecule has 4 heteroatoms. The van der Waals surface area contributed by atoms with Gasteiger partial charge in [0.1, 0.15) is 11.8 Å². The summed E-state index contributed by atoms with van der Waals surface area (Å²) >= 11 is 0. The van der Waals surface area contributed by atoms with Gasteiger partial charge in [0.05, 0.1) is 0 Å². The lowest BCUT2D eigenvalue weighted by Gasteiger charge is -2.10. The van der Waals surface area contributed by atoms with E-state index in [1.165, 1.54) is 12.1 Å². The third kappa shape index (κ3) is 3.54. The molecule has 1 atom stereocenters. The Hall–Kier alpha value is -2.15. The summed E-state index contributed by atoms with van der Waals surface area (Å²) in [5.74, 6) is 1.80. The van der Waals surface area contributed by atoms with Crippen molar-refractivity contribution in [2.75, 3.05) is 0 Å². The number of rotatable bonds is 4. The van der Waals surface area contributed by atoms with Crippen LogP contribution >= 0.6 is 0 Å². The van der Waals surface area contributed by atoms with Crippen molar-refractivity contribution >= 4 is 5.97 Å². The second-order valence-electron chi connectivity index (χ2n) is 3.28. The van der Waals surface area contributed by atoms with E-state index in [0.29, 0.717) is 6.42 Å². The minimum Gasteiger partial charge on any atom is -0.508 e. The van der Waals surface area contributed by atoms with E-state index in [9.17, 15) is 4.79 Å². The number of carbonyl (C=O) groups is 1. The monoisotopic (exact) mass is 219 g/mol. The molecule has 4 nitrogen and oxygen atoms in total. The first kappa shape index (κ1) is 11.9. The molecule has 1 rings (SSSR count). The van der Waals surface area contributed by atoms with Gasteiger partial charge in [0.25, 0.3) is 0 Å². The summed E-state index contributed by atoms with van der Waals surface area (Å²) in [6, 6.07) is 8.22. The zero-order valence-electron chi connectivity index (χ0n) is 8.90. The molecule has 0 bridgehead atoms. The number of phenols is 1. The number of hydrogen-bond acceptors (Lipinski definition) is 3. The van der Waals surface area contributed by atoms with Crippen LogP contribution in [-0.4, -0.2) is 22.2 Å². The highest BCUT2D eigenvalue weighted by molar-refractivity contribution is 5.74. The molecule has 0 aliphatic heterocycles. The molecule has 0 saturated heterocycles. The highest BCUT2D eigenvalue weighted by Gasteiger charge is 2.16. The molecule has 3 N–H and O–H groups in total. The topological polar surface area (TPSA) is 69.6 Å². The van der Waals surface area contributed by atoms with Crippen molar-refractivity contribution in [1.82, 2.24) is 5.32 Å². The molecule has 16 heavy (non-hydrogen) atoms. The van der Waals surface area contributed by atoms with Crippen LogP contribution in [0.25, 0.3) is 0 Å². The molecule has 0 fully saturated rings. The first-order valence-electron chi connectivity index (χ1n) is 4.81. The summed E-state index contributed by atoms with van der Waals surface area (Å²) in [5, 5.41) is 20.6. The standard InChI is InChI=1S/C12H13NO3/c1-2-7-13-11(12(15)16)8-9-3-5-10(14)6-4-9/h3-6,11,13-14H,8H2,1H3,(H,15,16). The Morgan fingerprint density at radius 3 is 2.56 bits per heavy atom. The Balaban J connectivity index is 2.70. The molecule has 0 aliphatic carbocycles. The Morgan fingerprint density at radius 1 is 1.44 bits per heavy atom. The minimum absolute atomic E-state index is 0.164. The van der Waals surface area contributed by atoms with Crippen LogP contribution in [0.2, 0.25) is 0 Å². The molecule has 1 aromatic rings. The maximum absolute atomic E-state index is 10.9. The van der Waals surface area contributed by atoms with Crippen LogP contribution in [0.3, 0.4) is 0 Å². The number of phenolic OH excluding ortho intramolecular Hbond substituents is 1. The highest BCUT2D eigenvalue weighted by Crippen LogP contribution is 2.11. The van der Waals surface area contributed by atoms with Gasteiger partial charge < -0.3 is 15.5 Å². The number of carboxylic acid groups (broad SMARTS) is 1. The minimum atomic E-state index is -0.948. The molecule has 0 heterocycles. The number of aromatic hydroxyl groups is 1. The van der Waals surface area contributed by atoms with Gasteiger partial charge in [-0.15, -0.1) is 0 Å². The van der Waals surface area contributed by atoms with E-state index >= 15 is 0 Å². The Morgan fingerprint density at radius 2 is 2.06 bits per heavy atom. The first-order chi connectivity index (χ1) is 7.63. The molecule has 0 saturated carbocycles. The van der Waals surface area contributed by atoms with Crippen molar-refractivity contribution in [3.05, 3.63) is 29.8 Å². The highest BCUT2D eigenvalue weighted by atomic mass is 16.4. The molecular weight excluding hydrogens is 206 g/mol. The predicted molar refractivity (Wildman–Crippen MR) is 59.8 cm³/mol. The molecule has 0 aliphatic rings. The number of aliphatic carboxylic acids is 1. The summed E-state index contributed by atoms with van der Waals surface area (Å²) in [4.78, 5) is 10.9. The largest absolute Gasteiger partial charge is 0.508 e. The SMILES string of the molecule is CC#CNC(Cc1ccc(O)cc1)C(=O)O. The van der Waals surface area contributed by atoms with E-state index in [1.807, 2.05) is 0 Å². The molecular formula is C12H13NO3. The fourth-order valence-electron chi connectivity index (χ4n) is 1.23. The fourth-order valence-corrected chi connectivity index (χ4v) is 1.23. The molecule has 0 radical (unpaired) electrons. The van der Waals surface area contributed by atoms with Gasteiger partial charge in [-0.2, -0.15) is 0 Å². The van der Waals surface area contributed by atoms with Gasteiger partial charge in [-0.1, -0.05) is 18.1 Å². The molecule has 1 aromatic carbocycles. The number of benzene rings is 1. The zero-order valence-corrected chi connectivity index (χ0v) is 8.90. The molecule has 1 unspecified atom stereocenters. The third-order valence-electron chi connectivity index (χ3n) is 2.05. The number of carboxylic acids is 1. The predicted octanol–water partition coefficient (Wildman–Crippen LogP) is 0.958. The van der Waals surface area contributed by atoms with E-state index in [4.69, 9.17) is 10.2 Å². The summed E-state index contributed by atoms with van der Waals surface area (Å²) < 4.78 is 0. The van der Waals surface area contributed by atoms with Gasteiger partial charge in [0.2, 0.25) is 0 Å². The smallest absolute Gasteiger partial charge is 0.327 e. The van der Waals surface area contributed by atoms with Gasteiger partial charge >= 0.3 is 5.97 Å². The fraction of sp³-hybridized carbons (Fsp3) is 0.250. The third-order valence-corrected chi connectivity index (χ3v) is 2.05. The Labute approximate surface area is 93.9 Å². The van der Waals surface area contributed by atoms with E-state index in [0.717, 1.165) is 5.56 Å². The summed E-state index contributed by atoms with van der Waals surface area (Å²) in [5.41, 5.74) is 0.829. The maximum Gasteiger partial charge on any atom is 0.327 e.